The standard InChI is InChI=1S/C4H9N3O2.ClH/c5-3(6)4(8)1-9-2-7-4;/h7-8H,1-2H2,(H3,5,6);1H. The van der Waals surface area contributed by atoms with Crippen molar-refractivity contribution in [1.29, 1.82) is 5.41 Å². The van der Waals surface area contributed by atoms with Gasteiger partial charge < -0.3 is 15.6 Å². The van der Waals surface area contributed by atoms with Crippen molar-refractivity contribution >= 4 is 18.2 Å². The third kappa shape index (κ3) is 1.57. The third-order valence-electron chi connectivity index (χ3n) is 1.22. The summed E-state index contributed by atoms with van der Waals surface area (Å²) in [4.78, 5) is 0. The van der Waals surface area contributed by atoms with E-state index in [1.54, 1.807) is 0 Å². The molecule has 1 saturated heterocycles. The Balaban J connectivity index is 0.000000810. The molecule has 1 atom stereocenters. The van der Waals surface area contributed by atoms with Gasteiger partial charge in [0.15, 0.2) is 5.72 Å². The number of nitrogens with two attached hydrogens (primary N) is 1. The second-order valence-corrected chi connectivity index (χ2v) is 1.94. The zero-order valence-electron chi connectivity index (χ0n) is 5.26. The summed E-state index contributed by atoms with van der Waals surface area (Å²) in [6, 6.07) is 0. The molecule has 6 heteroatoms. The van der Waals surface area contributed by atoms with E-state index in [1.807, 2.05) is 0 Å². The maximum Gasteiger partial charge on any atom is 0.199 e. The third-order valence-corrected chi connectivity index (χ3v) is 1.22. The molecule has 1 rings (SSSR count). The minimum Gasteiger partial charge on any atom is -0.384 e. The first kappa shape index (κ1) is 9.64. The minimum absolute atomic E-state index is 0. The molecule has 0 saturated carbocycles. The van der Waals surface area contributed by atoms with Crippen LogP contribution in [0, 0.1) is 5.41 Å². The van der Waals surface area contributed by atoms with Gasteiger partial charge in [-0.3, -0.25) is 10.7 Å². The van der Waals surface area contributed by atoms with Crippen LogP contribution >= 0.6 is 12.4 Å². The van der Waals surface area contributed by atoms with E-state index in [-0.39, 0.29) is 31.6 Å². The molecule has 1 unspecified atom stereocenters. The Morgan fingerprint density at radius 3 is 2.60 bits per heavy atom. The molecule has 60 valence electrons. The average molecular weight is 168 g/mol. The van der Waals surface area contributed by atoms with Crippen LogP contribution in [0.25, 0.3) is 0 Å². The molecular weight excluding hydrogens is 158 g/mol. The van der Waals surface area contributed by atoms with Gasteiger partial charge in [0.1, 0.15) is 5.84 Å². The van der Waals surface area contributed by atoms with Crippen LogP contribution in [0.2, 0.25) is 0 Å². The van der Waals surface area contributed by atoms with Gasteiger partial charge >= 0.3 is 0 Å². The van der Waals surface area contributed by atoms with Gasteiger partial charge in [-0.2, -0.15) is 0 Å². The second-order valence-electron chi connectivity index (χ2n) is 1.94. The fourth-order valence-corrected chi connectivity index (χ4v) is 0.593. The van der Waals surface area contributed by atoms with Gasteiger partial charge in [0, 0.05) is 0 Å². The lowest BCUT2D eigenvalue weighted by atomic mass is 10.2. The zero-order chi connectivity index (χ0) is 6.91. The van der Waals surface area contributed by atoms with Crippen molar-refractivity contribution in [2.24, 2.45) is 5.73 Å². The number of hydrogen-bond acceptors (Lipinski definition) is 4. The van der Waals surface area contributed by atoms with Crippen LogP contribution in [0.3, 0.4) is 0 Å². The van der Waals surface area contributed by atoms with Gasteiger partial charge in [-0.1, -0.05) is 0 Å². The molecule has 0 aromatic rings. The number of hydrogen-bond donors (Lipinski definition) is 4. The van der Waals surface area contributed by atoms with E-state index in [4.69, 9.17) is 15.9 Å². The predicted molar refractivity (Wildman–Crippen MR) is 38.1 cm³/mol. The Kier molecular flexibility index (Phi) is 3.04. The molecule has 5 nitrogen and oxygen atoms in total. The van der Waals surface area contributed by atoms with Crippen LogP contribution in [0.4, 0.5) is 0 Å². The summed E-state index contributed by atoms with van der Waals surface area (Å²) in [7, 11) is 0. The maximum atomic E-state index is 9.18. The number of rotatable bonds is 1. The second kappa shape index (κ2) is 3.16. The first-order valence-electron chi connectivity index (χ1n) is 2.55. The van der Waals surface area contributed by atoms with Crippen molar-refractivity contribution in [3.63, 3.8) is 0 Å². The molecule has 1 aliphatic rings. The molecule has 0 radical (unpaired) electrons. The fraction of sp³-hybridized carbons (Fsp3) is 0.750. The number of aliphatic hydroxyl groups is 1. The number of amidine groups is 1. The van der Waals surface area contributed by atoms with Gasteiger partial charge in [-0.25, -0.2) is 0 Å². The first-order chi connectivity index (χ1) is 4.15. The molecule has 1 aliphatic heterocycles. The molecule has 0 bridgehead atoms. The Labute approximate surface area is 64.5 Å². The molecule has 10 heavy (non-hydrogen) atoms. The molecule has 5 N–H and O–H groups in total. The minimum atomic E-state index is -1.42. The van der Waals surface area contributed by atoms with Crippen LogP contribution in [0.1, 0.15) is 0 Å². The highest BCUT2D eigenvalue weighted by molar-refractivity contribution is 5.85. The van der Waals surface area contributed by atoms with E-state index in [0.717, 1.165) is 0 Å². The van der Waals surface area contributed by atoms with Gasteiger partial charge in [0.05, 0.1) is 13.3 Å². The predicted octanol–water partition coefficient (Wildman–Crippen LogP) is -1.39. The Hall–Kier alpha value is -0.360. The van der Waals surface area contributed by atoms with Crippen molar-refractivity contribution in [1.82, 2.24) is 5.32 Å². The number of nitrogens with one attached hydrogen (secondary N) is 2. The summed E-state index contributed by atoms with van der Waals surface area (Å²) in [5.74, 6) is -0.306. The average Bonchev–Trinajstić information content (AvgIpc) is 2.16. The van der Waals surface area contributed by atoms with E-state index in [9.17, 15) is 5.11 Å². The van der Waals surface area contributed by atoms with E-state index < -0.39 is 5.72 Å². The van der Waals surface area contributed by atoms with E-state index in [1.165, 1.54) is 0 Å². The largest absolute Gasteiger partial charge is 0.384 e. The Bertz CT molecular complexity index is 134. The summed E-state index contributed by atoms with van der Waals surface area (Å²) >= 11 is 0. The van der Waals surface area contributed by atoms with Crippen molar-refractivity contribution < 1.29 is 9.84 Å². The lowest BCUT2D eigenvalue weighted by molar-refractivity contribution is 0.0741. The molecular formula is C4H10ClN3O2. The van der Waals surface area contributed by atoms with Gasteiger partial charge in [0.25, 0.3) is 0 Å². The summed E-state index contributed by atoms with van der Waals surface area (Å²) < 4.78 is 4.74. The van der Waals surface area contributed by atoms with Gasteiger partial charge in [0.2, 0.25) is 0 Å². The van der Waals surface area contributed by atoms with Crippen LogP contribution in [0.15, 0.2) is 0 Å². The number of halogens is 1. The Morgan fingerprint density at radius 2 is 2.40 bits per heavy atom. The smallest absolute Gasteiger partial charge is 0.199 e. The molecule has 0 aliphatic carbocycles. The van der Waals surface area contributed by atoms with Gasteiger partial charge in [-0.15, -0.1) is 12.4 Å². The van der Waals surface area contributed by atoms with Gasteiger partial charge in [-0.05, 0) is 0 Å². The molecule has 0 amide bonds. The van der Waals surface area contributed by atoms with Crippen LogP contribution < -0.4 is 11.1 Å². The molecule has 1 fully saturated rings. The SMILES string of the molecule is Cl.N=C(N)C1(O)COCN1. The van der Waals surface area contributed by atoms with Crippen LogP contribution in [-0.2, 0) is 4.74 Å². The highest BCUT2D eigenvalue weighted by Crippen LogP contribution is 2.04. The molecule has 0 spiro atoms. The summed E-state index contributed by atoms with van der Waals surface area (Å²) in [5.41, 5.74) is 3.61. The molecule has 1 heterocycles. The summed E-state index contributed by atoms with van der Waals surface area (Å²) in [6.45, 7) is 0.304. The normalized spacial score (nSPS) is 31.3. The molecule has 0 aromatic heterocycles. The van der Waals surface area contributed by atoms with E-state index in [0.29, 0.717) is 0 Å². The lowest BCUT2D eigenvalue weighted by Gasteiger charge is -2.17. The van der Waals surface area contributed by atoms with Crippen molar-refractivity contribution in [3.8, 4) is 0 Å². The highest BCUT2D eigenvalue weighted by Gasteiger charge is 2.34. The Morgan fingerprint density at radius 1 is 1.80 bits per heavy atom. The number of ether oxygens (including phenoxy) is 1. The first-order valence-corrected chi connectivity index (χ1v) is 2.55. The van der Waals surface area contributed by atoms with Crippen LogP contribution in [-0.4, -0.2) is 30.0 Å². The van der Waals surface area contributed by atoms with Crippen LogP contribution in [0.5, 0.6) is 0 Å². The zero-order valence-corrected chi connectivity index (χ0v) is 6.07. The van der Waals surface area contributed by atoms with Crippen molar-refractivity contribution in [3.05, 3.63) is 0 Å². The monoisotopic (exact) mass is 167 g/mol. The highest BCUT2D eigenvalue weighted by atomic mass is 35.5. The fourth-order valence-electron chi connectivity index (χ4n) is 0.593. The molecule has 0 aromatic carbocycles. The topological polar surface area (TPSA) is 91.4 Å². The summed E-state index contributed by atoms with van der Waals surface area (Å²) in [6.07, 6.45) is 0. The summed E-state index contributed by atoms with van der Waals surface area (Å²) in [5, 5.41) is 18.6. The maximum absolute atomic E-state index is 9.18. The lowest BCUT2D eigenvalue weighted by Crippen LogP contribution is -2.53. The quantitative estimate of drug-likeness (QED) is 0.286. The van der Waals surface area contributed by atoms with E-state index >= 15 is 0 Å². The van der Waals surface area contributed by atoms with E-state index in [2.05, 4.69) is 5.32 Å². The van der Waals surface area contributed by atoms with Crippen molar-refractivity contribution in [2.75, 3.05) is 13.3 Å². The van der Waals surface area contributed by atoms with Crippen molar-refractivity contribution in [2.45, 2.75) is 5.72 Å².